The monoisotopic (exact) mass is 401 g/mol. The van der Waals surface area contributed by atoms with Crippen molar-refractivity contribution in [2.45, 2.75) is 18.6 Å². The lowest BCUT2D eigenvalue weighted by molar-refractivity contribution is -0.189. The van der Waals surface area contributed by atoms with Crippen molar-refractivity contribution in [2.24, 2.45) is 5.73 Å². The summed E-state index contributed by atoms with van der Waals surface area (Å²) >= 11 is 0. The van der Waals surface area contributed by atoms with Crippen LogP contribution in [-0.4, -0.2) is 30.0 Å². The number of benzene rings is 3. The molecule has 152 valence electrons. The highest BCUT2D eigenvalue weighted by Crippen LogP contribution is 2.45. The third-order valence-corrected chi connectivity index (χ3v) is 5.44. The normalized spacial score (nSPS) is 20.4. The standard InChI is InChI=1S/C24H23N3O3/c1-17-13-15-19(16-14-17)26(2)27-22(28)21(30-20-11-7-4-8-12-20)24(27,23(25)29)18-9-5-3-6-10-18/h3-16,21H,1-2H3,(H2,25,29)/t21-,24-/m0/s1. The van der Waals surface area contributed by atoms with Crippen molar-refractivity contribution >= 4 is 17.5 Å². The Morgan fingerprint density at radius 2 is 1.53 bits per heavy atom. The van der Waals surface area contributed by atoms with E-state index in [9.17, 15) is 9.59 Å². The lowest BCUT2D eigenvalue weighted by atomic mass is 9.75. The van der Waals surface area contributed by atoms with Crippen LogP contribution in [0.25, 0.3) is 0 Å². The molecule has 0 radical (unpaired) electrons. The highest BCUT2D eigenvalue weighted by molar-refractivity contribution is 6.06. The molecule has 1 saturated heterocycles. The van der Waals surface area contributed by atoms with Crippen LogP contribution < -0.4 is 15.5 Å². The number of primary amides is 1. The van der Waals surface area contributed by atoms with E-state index in [1.807, 2.05) is 67.6 Å². The second kappa shape index (κ2) is 7.55. The summed E-state index contributed by atoms with van der Waals surface area (Å²) in [5, 5.41) is 3.05. The molecule has 30 heavy (non-hydrogen) atoms. The van der Waals surface area contributed by atoms with Crippen molar-refractivity contribution in [3.63, 3.8) is 0 Å². The molecule has 6 heteroatoms. The van der Waals surface area contributed by atoms with Crippen LogP contribution in [0, 0.1) is 6.92 Å². The van der Waals surface area contributed by atoms with Gasteiger partial charge in [-0.1, -0.05) is 66.2 Å². The molecule has 2 amide bonds. The van der Waals surface area contributed by atoms with Crippen LogP contribution in [0.2, 0.25) is 0 Å². The van der Waals surface area contributed by atoms with Crippen LogP contribution in [0.4, 0.5) is 5.69 Å². The predicted octanol–water partition coefficient (Wildman–Crippen LogP) is 3.02. The van der Waals surface area contributed by atoms with E-state index < -0.39 is 17.6 Å². The molecule has 1 heterocycles. The number of carbonyl (C=O) groups is 2. The molecule has 3 aromatic rings. The number of anilines is 1. The largest absolute Gasteiger partial charge is 0.477 e. The maximum Gasteiger partial charge on any atom is 0.287 e. The average molecular weight is 401 g/mol. The van der Waals surface area contributed by atoms with Crippen LogP contribution in [0.5, 0.6) is 5.75 Å². The quantitative estimate of drug-likeness (QED) is 0.644. The van der Waals surface area contributed by atoms with Gasteiger partial charge in [0.05, 0.1) is 5.69 Å². The molecule has 6 nitrogen and oxygen atoms in total. The first-order valence-corrected chi connectivity index (χ1v) is 9.67. The number of β-lactam (4-membered cyclic amide) rings is 1. The molecular weight excluding hydrogens is 378 g/mol. The maximum atomic E-state index is 13.3. The lowest BCUT2D eigenvalue weighted by Crippen LogP contribution is -2.81. The number of ether oxygens (including phenoxy) is 1. The van der Waals surface area contributed by atoms with Gasteiger partial charge >= 0.3 is 0 Å². The Kier molecular flexibility index (Phi) is 4.91. The molecular formula is C24H23N3O3. The van der Waals surface area contributed by atoms with Gasteiger partial charge in [0.15, 0.2) is 0 Å². The lowest BCUT2D eigenvalue weighted by Gasteiger charge is -2.57. The van der Waals surface area contributed by atoms with Gasteiger partial charge in [-0.25, -0.2) is 5.01 Å². The first kappa shape index (κ1) is 19.5. The van der Waals surface area contributed by atoms with E-state index in [1.165, 1.54) is 5.01 Å². The van der Waals surface area contributed by atoms with Gasteiger partial charge in [0.1, 0.15) is 5.75 Å². The molecule has 1 aliphatic rings. The smallest absolute Gasteiger partial charge is 0.287 e. The zero-order chi connectivity index (χ0) is 21.3. The minimum absolute atomic E-state index is 0.343. The Bertz CT molecular complexity index is 1050. The molecule has 1 aliphatic heterocycles. The third kappa shape index (κ3) is 2.97. The number of hydrogen-bond donors (Lipinski definition) is 1. The molecule has 3 aromatic carbocycles. The molecule has 0 bridgehead atoms. The molecule has 0 unspecified atom stereocenters. The number of amides is 2. The van der Waals surface area contributed by atoms with Gasteiger partial charge < -0.3 is 10.5 Å². The van der Waals surface area contributed by atoms with Gasteiger partial charge in [-0.15, -0.1) is 0 Å². The molecule has 0 aliphatic carbocycles. The molecule has 1 fully saturated rings. The molecule has 0 spiro atoms. The summed E-state index contributed by atoms with van der Waals surface area (Å²) in [4.78, 5) is 26.3. The summed E-state index contributed by atoms with van der Waals surface area (Å²) in [5.41, 5.74) is 6.93. The van der Waals surface area contributed by atoms with Crippen LogP contribution in [0.15, 0.2) is 84.9 Å². The van der Waals surface area contributed by atoms with E-state index >= 15 is 0 Å². The van der Waals surface area contributed by atoms with E-state index in [-0.39, 0.29) is 5.91 Å². The van der Waals surface area contributed by atoms with Crippen molar-refractivity contribution in [2.75, 3.05) is 12.1 Å². The van der Waals surface area contributed by atoms with Crippen molar-refractivity contribution in [3.8, 4) is 5.75 Å². The minimum atomic E-state index is -1.48. The molecule has 2 N–H and O–H groups in total. The molecule has 0 saturated carbocycles. The summed E-state index contributed by atoms with van der Waals surface area (Å²) in [5.74, 6) is -0.507. The van der Waals surface area contributed by atoms with E-state index in [4.69, 9.17) is 10.5 Å². The van der Waals surface area contributed by atoms with Gasteiger partial charge in [0, 0.05) is 7.05 Å². The predicted molar refractivity (Wildman–Crippen MR) is 115 cm³/mol. The summed E-state index contributed by atoms with van der Waals surface area (Å²) in [7, 11) is 1.74. The summed E-state index contributed by atoms with van der Waals surface area (Å²) in [6, 6.07) is 25.7. The highest BCUT2D eigenvalue weighted by atomic mass is 16.5. The Labute approximate surface area is 175 Å². The summed E-state index contributed by atoms with van der Waals surface area (Å²) in [6.07, 6.45) is -1.08. The first-order valence-electron chi connectivity index (χ1n) is 9.67. The van der Waals surface area contributed by atoms with Crippen molar-refractivity contribution < 1.29 is 14.3 Å². The van der Waals surface area contributed by atoms with Gasteiger partial charge in [0.2, 0.25) is 11.6 Å². The number of nitrogens with two attached hydrogens (primary N) is 1. The van der Waals surface area contributed by atoms with Crippen LogP contribution in [0.3, 0.4) is 0 Å². The Balaban J connectivity index is 1.81. The molecule has 2 atom stereocenters. The van der Waals surface area contributed by atoms with Crippen LogP contribution in [-0.2, 0) is 15.1 Å². The Morgan fingerprint density at radius 3 is 2.10 bits per heavy atom. The number of rotatable bonds is 6. The SMILES string of the molecule is Cc1ccc(N(C)N2C(=O)[C@H](Oc3ccccc3)[C@]2(C(N)=O)c2ccccc2)cc1. The van der Waals surface area contributed by atoms with E-state index in [0.29, 0.717) is 11.3 Å². The second-order valence-corrected chi connectivity index (χ2v) is 7.32. The van der Waals surface area contributed by atoms with E-state index in [2.05, 4.69) is 0 Å². The first-order chi connectivity index (χ1) is 14.5. The fourth-order valence-electron chi connectivity index (χ4n) is 3.88. The van der Waals surface area contributed by atoms with Gasteiger partial charge in [0.25, 0.3) is 11.8 Å². The van der Waals surface area contributed by atoms with Gasteiger partial charge in [-0.05, 0) is 36.8 Å². The molecule has 0 aromatic heterocycles. The number of aryl methyl sites for hydroxylation is 1. The van der Waals surface area contributed by atoms with Gasteiger partial charge in [-0.3, -0.25) is 14.6 Å². The fraction of sp³-hybridized carbons (Fsp3) is 0.167. The third-order valence-electron chi connectivity index (χ3n) is 5.44. The molecule has 4 rings (SSSR count). The number of para-hydroxylation sites is 1. The minimum Gasteiger partial charge on any atom is -0.477 e. The van der Waals surface area contributed by atoms with E-state index in [0.717, 1.165) is 11.3 Å². The summed E-state index contributed by atoms with van der Waals surface area (Å²) in [6.45, 7) is 1.99. The number of carbonyl (C=O) groups excluding carboxylic acids is 2. The maximum absolute atomic E-state index is 13.3. The second-order valence-electron chi connectivity index (χ2n) is 7.32. The Hall–Kier alpha value is -3.80. The van der Waals surface area contributed by atoms with Gasteiger partial charge in [-0.2, -0.15) is 0 Å². The van der Waals surface area contributed by atoms with Crippen LogP contribution >= 0.6 is 0 Å². The van der Waals surface area contributed by atoms with Crippen molar-refractivity contribution in [1.29, 1.82) is 0 Å². The number of hydrogen-bond acceptors (Lipinski definition) is 4. The zero-order valence-electron chi connectivity index (χ0n) is 16.9. The van der Waals surface area contributed by atoms with Crippen LogP contribution in [0.1, 0.15) is 11.1 Å². The number of nitrogens with zero attached hydrogens (tertiary/aromatic N) is 2. The average Bonchev–Trinajstić information content (AvgIpc) is 2.76. The number of hydrazine groups is 1. The van der Waals surface area contributed by atoms with E-state index in [1.54, 1.807) is 36.3 Å². The fourth-order valence-corrected chi connectivity index (χ4v) is 3.88. The Morgan fingerprint density at radius 1 is 0.967 bits per heavy atom. The topological polar surface area (TPSA) is 75.9 Å². The zero-order valence-corrected chi connectivity index (χ0v) is 16.9. The summed E-state index contributed by atoms with van der Waals surface area (Å²) < 4.78 is 6.01. The van der Waals surface area contributed by atoms with Crippen molar-refractivity contribution in [3.05, 3.63) is 96.1 Å². The van der Waals surface area contributed by atoms with Crippen molar-refractivity contribution in [1.82, 2.24) is 5.01 Å². The highest BCUT2D eigenvalue weighted by Gasteiger charge is 2.69.